The van der Waals surface area contributed by atoms with Gasteiger partial charge in [-0.15, -0.1) is 0 Å². The van der Waals surface area contributed by atoms with Gasteiger partial charge in [0.1, 0.15) is 11.7 Å². The first kappa shape index (κ1) is 24.4. The molecule has 1 saturated heterocycles. The molecule has 2 unspecified atom stereocenters. The van der Waals surface area contributed by atoms with Crippen LogP contribution in [-0.4, -0.2) is 111 Å². The summed E-state index contributed by atoms with van der Waals surface area (Å²) in [4.78, 5) is 19.2. The number of likely N-dealkylation sites (N-methyl/N-ethyl adjacent to an activating group) is 2. The molecule has 1 fully saturated rings. The number of hydrogen-bond donors (Lipinski definition) is 1. The normalized spacial score (nSPS) is 27.0. The fraction of sp³-hybridized carbons (Fsp3) is 0.600. The number of allylic oxidation sites excluding steroid dienone is 2. The van der Waals surface area contributed by atoms with E-state index in [0.717, 1.165) is 63.6 Å². The Bertz CT molecular complexity index is 1120. The largest absolute Gasteiger partial charge is 0.355 e. The fourth-order valence-corrected chi connectivity index (χ4v) is 6.20. The van der Waals surface area contributed by atoms with Crippen LogP contribution in [0.3, 0.4) is 0 Å². The molecule has 0 radical (unpaired) electrons. The number of aryl methyl sites for hydroxylation is 1. The van der Waals surface area contributed by atoms with E-state index in [4.69, 9.17) is 9.98 Å². The first-order valence-corrected chi connectivity index (χ1v) is 14.5. The zero-order valence-electron chi connectivity index (χ0n) is 21.0. The highest BCUT2D eigenvalue weighted by atomic mass is 32.2. The molecule has 1 aromatic rings. The molecule has 190 valence electrons. The molecule has 0 aromatic carbocycles. The summed E-state index contributed by atoms with van der Waals surface area (Å²) in [6, 6.07) is 4.31. The molecule has 5 rings (SSSR count). The van der Waals surface area contributed by atoms with E-state index >= 15 is 0 Å². The second-order valence-electron chi connectivity index (χ2n) is 10.2. The summed E-state index contributed by atoms with van der Waals surface area (Å²) < 4.78 is 26.9. The van der Waals surface area contributed by atoms with Crippen molar-refractivity contribution in [2.45, 2.75) is 37.4 Å². The zero-order chi connectivity index (χ0) is 24.6. The maximum atomic E-state index is 12.1. The Kier molecular flexibility index (Phi) is 6.98. The van der Waals surface area contributed by atoms with Gasteiger partial charge >= 0.3 is 0 Å². The van der Waals surface area contributed by atoms with Crippen LogP contribution in [0.4, 0.5) is 0 Å². The topological polar surface area (TPSA) is 84.4 Å². The molecule has 1 aromatic heterocycles. The molecule has 4 heterocycles. The van der Waals surface area contributed by atoms with E-state index in [9.17, 15) is 8.42 Å². The molecule has 4 aliphatic rings. The van der Waals surface area contributed by atoms with Crippen molar-refractivity contribution in [2.75, 3.05) is 59.6 Å². The number of aliphatic imine (C=N–C) groups is 1. The van der Waals surface area contributed by atoms with Gasteiger partial charge < -0.3 is 14.7 Å². The Morgan fingerprint density at radius 1 is 1.23 bits per heavy atom. The number of rotatable bonds is 7. The first-order valence-electron chi connectivity index (χ1n) is 12.6. The number of aromatic nitrogens is 1. The molecule has 0 bridgehead atoms. The SMILES string of the molecule is CN1CCN(C2=CC=CC3=NC(CN(C)[C@H]4CCCc5cccnc54)C(CNS(C)(=O)=O)N23)CC1. The molecule has 0 saturated carbocycles. The fourth-order valence-electron chi connectivity index (χ4n) is 5.73. The number of fused-ring (bicyclic) bond motifs is 2. The highest BCUT2D eigenvalue weighted by Gasteiger charge is 2.41. The molecule has 3 aliphatic heterocycles. The number of pyridine rings is 1. The standard InChI is InChI=1S/C25H37N7O2S/c1-29-13-15-31(16-14-29)24-11-5-10-23-28-20(22(32(23)24)17-27-35(3,33)34)18-30(2)21-9-4-7-19-8-6-12-26-25(19)21/h5-6,8,10-12,20-22,27H,4,7,9,13-18H2,1-3H3/t20?,21-,22?/m0/s1. The molecule has 35 heavy (non-hydrogen) atoms. The van der Waals surface area contributed by atoms with Crippen LogP contribution < -0.4 is 4.72 Å². The number of sulfonamides is 1. The van der Waals surface area contributed by atoms with Gasteiger partial charge in [0.2, 0.25) is 10.0 Å². The molecule has 3 atom stereocenters. The lowest BCUT2D eigenvalue weighted by Crippen LogP contribution is -2.54. The molecule has 10 heteroatoms. The summed E-state index contributed by atoms with van der Waals surface area (Å²) >= 11 is 0. The second-order valence-corrected chi connectivity index (χ2v) is 12.0. The molecule has 0 spiro atoms. The number of hydrogen-bond acceptors (Lipinski definition) is 8. The summed E-state index contributed by atoms with van der Waals surface area (Å²) in [6.07, 6.45) is 12.7. The van der Waals surface area contributed by atoms with E-state index in [1.807, 2.05) is 18.3 Å². The van der Waals surface area contributed by atoms with Gasteiger partial charge in [0.05, 0.1) is 30.1 Å². The Labute approximate surface area is 209 Å². The second kappa shape index (κ2) is 10.0. The van der Waals surface area contributed by atoms with Gasteiger partial charge in [-0.1, -0.05) is 12.1 Å². The van der Waals surface area contributed by atoms with Gasteiger partial charge in [-0.2, -0.15) is 0 Å². The summed E-state index contributed by atoms with van der Waals surface area (Å²) in [5.41, 5.74) is 2.51. The third kappa shape index (κ3) is 5.30. The van der Waals surface area contributed by atoms with Crippen molar-refractivity contribution >= 4 is 15.9 Å². The van der Waals surface area contributed by atoms with Crippen LogP contribution in [-0.2, 0) is 16.4 Å². The van der Waals surface area contributed by atoms with Crippen molar-refractivity contribution in [3.8, 4) is 0 Å². The van der Waals surface area contributed by atoms with Crippen molar-refractivity contribution < 1.29 is 8.42 Å². The summed E-state index contributed by atoms with van der Waals surface area (Å²) in [5.74, 6) is 2.04. The lowest BCUT2D eigenvalue weighted by Gasteiger charge is -2.42. The van der Waals surface area contributed by atoms with Gasteiger partial charge in [0.25, 0.3) is 0 Å². The Morgan fingerprint density at radius 2 is 2.03 bits per heavy atom. The zero-order valence-corrected chi connectivity index (χ0v) is 21.8. The highest BCUT2D eigenvalue weighted by Crippen LogP contribution is 2.34. The smallest absolute Gasteiger partial charge is 0.208 e. The van der Waals surface area contributed by atoms with Crippen LogP contribution in [0.25, 0.3) is 0 Å². The number of nitrogens with one attached hydrogen (secondary N) is 1. The van der Waals surface area contributed by atoms with E-state index in [1.165, 1.54) is 17.5 Å². The Morgan fingerprint density at radius 3 is 2.80 bits per heavy atom. The van der Waals surface area contributed by atoms with E-state index in [1.54, 1.807) is 0 Å². The van der Waals surface area contributed by atoms with Gasteiger partial charge in [-0.3, -0.25) is 14.9 Å². The predicted molar refractivity (Wildman–Crippen MR) is 139 cm³/mol. The van der Waals surface area contributed by atoms with Crippen molar-refractivity contribution in [3.05, 3.63) is 53.6 Å². The summed E-state index contributed by atoms with van der Waals surface area (Å²) in [7, 11) is 0.983. The van der Waals surface area contributed by atoms with E-state index < -0.39 is 10.0 Å². The maximum Gasteiger partial charge on any atom is 0.208 e. The monoisotopic (exact) mass is 499 g/mol. The van der Waals surface area contributed by atoms with Gasteiger partial charge in [-0.25, -0.2) is 13.1 Å². The molecular weight excluding hydrogens is 462 g/mol. The van der Waals surface area contributed by atoms with Crippen molar-refractivity contribution in [1.29, 1.82) is 0 Å². The average molecular weight is 500 g/mol. The lowest BCUT2D eigenvalue weighted by atomic mass is 9.90. The summed E-state index contributed by atoms with van der Waals surface area (Å²) in [5, 5.41) is 0. The Hall–Kier alpha value is -2.27. The minimum atomic E-state index is -3.32. The van der Waals surface area contributed by atoms with Crippen molar-refractivity contribution in [1.82, 2.24) is 29.3 Å². The third-order valence-electron chi connectivity index (χ3n) is 7.61. The van der Waals surface area contributed by atoms with Crippen LogP contribution in [0.1, 0.15) is 30.1 Å². The minimum Gasteiger partial charge on any atom is -0.355 e. The van der Waals surface area contributed by atoms with Crippen LogP contribution >= 0.6 is 0 Å². The average Bonchev–Trinajstić information content (AvgIpc) is 3.19. The van der Waals surface area contributed by atoms with Crippen LogP contribution in [0.2, 0.25) is 0 Å². The van der Waals surface area contributed by atoms with Crippen LogP contribution in [0.15, 0.2) is 47.4 Å². The van der Waals surface area contributed by atoms with Crippen LogP contribution in [0.5, 0.6) is 0 Å². The van der Waals surface area contributed by atoms with E-state index in [2.05, 4.69) is 56.6 Å². The van der Waals surface area contributed by atoms with Crippen molar-refractivity contribution in [2.24, 2.45) is 4.99 Å². The van der Waals surface area contributed by atoms with Gasteiger partial charge in [-0.05, 0) is 57.1 Å². The number of amidine groups is 1. The number of piperazine rings is 1. The van der Waals surface area contributed by atoms with E-state index in [-0.39, 0.29) is 18.1 Å². The van der Waals surface area contributed by atoms with Crippen LogP contribution in [0, 0.1) is 0 Å². The lowest BCUT2D eigenvalue weighted by molar-refractivity contribution is 0.141. The summed E-state index contributed by atoms with van der Waals surface area (Å²) in [6.45, 7) is 4.97. The van der Waals surface area contributed by atoms with Crippen molar-refractivity contribution in [3.63, 3.8) is 0 Å². The third-order valence-corrected chi connectivity index (χ3v) is 8.30. The van der Waals surface area contributed by atoms with Gasteiger partial charge in [0, 0.05) is 45.5 Å². The van der Waals surface area contributed by atoms with E-state index in [0.29, 0.717) is 6.54 Å². The molecule has 9 nitrogen and oxygen atoms in total. The molecule has 1 aliphatic carbocycles. The molecule has 1 N–H and O–H groups in total. The number of nitrogens with zero attached hydrogens (tertiary/aromatic N) is 6. The highest BCUT2D eigenvalue weighted by molar-refractivity contribution is 7.88. The predicted octanol–water partition coefficient (Wildman–Crippen LogP) is 1.05. The molecule has 0 amide bonds. The maximum absolute atomic E-state index is 12.1. The quantitative estimate of drug-likeness (QED) is 0.600. The molecular formula is C25H37N7O2S. The first-order chi connectivity index (χ1) is 16.8. The Balaban J connectivity index is 1.39. The van der Waals surface area contributed by atoms with Gasteiger partial charge in [0.15, 0.2) is 0 Å². The minimum absolute atomic E-state index is 0.0584.